The van der Waals surface area contributed by atoms with Crippen molar-refractivity contribution in [3.63, 3.8) is 0 Å². The molecule has 0 aromatic rings. The van der Waals surface area contributed by atoms with Crippen molar-refractivity contribution in [2.75, 3.05) is 19.6 Å². The van der Waals surface area contributed by atoms with Gasteiger partial charge < -0.3 is 10.2 Å². The van der Waals surface area contributed by atoms with Crippen LogP contribution in [0.15, 0.2) is 0 Å². The standard InChI is InChI=1S/C14H28N2O/c1-4-7-12(8-5-2)14(17)16(9-6-3)13-10-15-11-13/h12-13,15H,4-11H2,1-3H3. The van der Waals surface area contributed by atoms with Crippen LogP contribution in [0.25, 0.3) is 0 Å². The minimum Gasteiger partial charge on any atom is -0.337 e. The minimum absolute atomic E-state index is 0.261. The summed E-state index contributed by atoms with van der Waals surface area (Å²) in [6.45, 7) is 9.39. The second-order valence-corrected chi connectivity index (χ2v) is 5.12. The molecule has 1 heterocycles. The van der Waals surface area contributed by atoms with Gasteiger partial charge >= 0.3 is 0 Å². The van der Waals surface area contributed by atoms with Gasteiger partial charge in [-0.05, 0) is 19.3 Å². The van der Waals surface area contributed by atoms with Crippen molar-refractivity contribution in [1.82, 2.24) is 10.2 Å². The molecule has 0 saturated carbocycles. The quantitative estimate of drug-likeness (QED) is 0.706. The van der Waals surface area contributed by atoms with E-state index in [9.17, 15) is 4.79 Å². The summed E-state index contributed by atoms with van der Waals surface area (Å²) in [5.74, 6) is 0.666. The van der Waals surface area contributed by atoms with E-state index in [0.717, 1.165) is 51.7 Å². The third-order valence-electron chi connectivity index (χ3n) is 3.57. The second-order valence-electron chi connectivity index (χ2n) is 5.12. The van der Waals surface area contributed by atoms with Gasteiger partial charge in [0.15, 0.2) is 0 Å². The van der Waals surface area contributed by atoms with Crippen molar-refractivity contribution in [1.29, 1.82) is 0 Å². The average molecular weight is 240 g/mol. The Bertz CT molecular complexity index is 220. The van der Waals surface area contributed by atoms with Gasteiger partial charge in [0, 0.05) is 25.6 Å². The number of amides is 1. The maximum absolute atomic E-state index is 12.5. The molecule has 0 unspecified atom stereocenters. The Morgan fingerprint density at radius 3 is 2.12 bits per heavy atom. The summed E-state index contributed by atoms with van der Waals surface area (Å²) >= 11 is 0. The Kier molecular flexibility index (Phi) is 6.56. The van der Waals surface area contributed by atoms with Crippen LogP contribution in [0.4, 0.5) is 0 Å². The lowest BCUT2D eigenvalue weighted by Crippen LogP contribution is -2.60. The Balaban J connectivity index is 2.58. The number of carbonyl (C=O) groups is 1. The molecule has 17 heavy (non-hydrogen) atoms. The van der Waals surface area contributed by atoms with Crippen LogP contribution in [0.1, 0.15) is 52.9 Å². The highest BCUT2D eigenvalue weighted by atomic mass is 16.2. The van der Waals surface area contributed by atoms with Crippen molar-refractivity contribution in [2.45, 2.75) is 58.9 Å². The van der Waals surface area contributed by atoms with Crippen LogP contribution >= 0.6 is 0 Å². The van der Waals surface area contributed by atoms with Crippen molar-refractivity contribution in [3.8, 4) is 0 Å². The number of rotatable bonds is 8. The van der Waals surface area contributed by atoms with Crippen LogP contribution in [0.5, 0.6) is 0 Å². The molecule has 1 fully saturated rings. The fraction of sp³-hybridized carbons (Fsp3) is 0.929. The topological polar surface area (TPSA) is 32.3 Å². The maximum atomic E-state index is 12.5. The highest BCUT2D eigenvalue weighted by Crippen LogP contribution is 2.19. The van der Waals surface area contributed by atoms with E-state index < -0.39 is 0 Å². The molecule has 0 aliphatic carbocycles. The normalized spacial score (nSPS) is 16.0. The zero-order valence-corrected chi connectivity index (χ0v) is 11.7. The van der Waals surface area contributed by atoms with Crippen LogP contribution in [0, 0.1) is 5.92 Å². The van der Waals surface area contributed by atoms with Crippen LogP contribution < -0.4 is 5.32 Å². The lowest BCUT2D eigenvalue weighted by molar-refractivity contribution is -0.139. The summed E-state index contributed by atoms with van der Waals surface area (Å²) in [6.07, 6.45) is 5.38. The first-order valence-electron chi connectivity index (χ1n) is 7.25. The van der Waals surface area contributed by atoms with Crippen molar-refractivity contribution >= 4 is 5.91 Å². The van der Waals surface area contributed by atoms with Crippen molar-refractivity contribution in [3.05, 3.63) is 0 Å². The van der Waals surface area contributed by atoms with Gasteiger partial charge in [-0.2, -0.15) is 0 Å². The van der Waals surface area contributed by atoms with Gasteiger partial charge in [-0.1, -0.05) is 33.6 Å². The van der Waals surface area contributed by atoms with Gasteiger partial charge in [-0.3, -0.25) is 4.79 Å². The van der Waals surface area contributed by atoms with Gasteiger partial charge in [-0.15, -0.1) is 0 Å². The third-order valence-corrected chi connectivity index (χ3v) is 3.57. The predicted molar refractivity (Wildman–Crippen MR) is 72.0 cm³/mol. The minimum atomic E-state index is 0.261. The van der Waals surface area contributed by atoms with Crippen LogP contribution in [-0.4, -0.2) is 36.5 Å². The molecule has 1 aliphatic rings. The number of hydrogen-bond donors (Lipinski definition) is 1. The number of nitrogens with one attached hydrogen (secondary N) is 1. The molecule has 0 aromatic carbocycles. The van der Waals surface area contributed by atoms with Gasteiger partial charge in [0.1, 0.15) is 0 Å². The molecule has 1 aliphatic heterocycles. The lowest BCUT2D eigenvalue weighted by Gasteiger charge is -2.40. The fourth-order valence-corrected chi connectivity index (χ4v) is 2.53. The van der Waals surface area contributed by atoms with Gasteiger partial charge in [0.05, 0.1) is 6.04 Å². The summed E-state index contributed by atoms with van der Waals surface area (Å²) in [5, 5.41) is 3.26. The maximum Gasteiger partial charge on any atom is 0.226 e. The molecule has 1 N–H and O–H groups in total. The average Bonchev–Trinajstić information content (AvgIpc) is 2.25. The molecule has 0 aromatic heterocycles. The van der Waals surface area contributed by atoms with E-state index in [-0.39, 0.29) is 5.92 Å². The Morgan fingerprint density at radius 1 is 1.18 bits per heavy atom. The monoisotopic (exact) mass is 240 g/mol. The molecule has 3 heteroatoms. The summed E-state index contributed by atoms with van der Waals surface area (Å²) in [5.41, 5.74) is 0. The molecule has 3 nitrogen and oxygen atoms in total. The van der Waals surface area contributed by atoms with E-state index in [0.29, 0.717) is 11.9 Å². The fourth-order valence-electron chi connectivity index (χ4n) is 2.53. The number of nitrogens with zero attached hydrogens (tertiary/aromatic N) is 1. The first kappa shape index (κ1) is 14.5. The van der Waals surface area contributed by atoms with Crippen LogP contribution in [0.2, 0.25) is 0 Å². The summed E-state index contributed by atoms with van der Waals surface area (Å²) < 4.78 is 0. The van der Waals surface area contributed by atoms with E-state index in [4.69, 9.17) is 0 Å². The Labute approximate surface area is 106 Å². The van der Waals surface area contributed by atoms with Crippen molar-refractivity contribution < 1.29 is 4.79 Å². The molecular weight excluding hydrogens is 212 g/mol. The largest absolute Gasteiger partial charge is 0.337 e. The molecular formula is C14H28N2O. The molecule has 1 saturated heterocycles. The molecule has 100 valence electrons. The van der Waals surface area contributed by atoms with Gasteiger partial charge in [0.2, 0.25) is 5.91 Å². The zero-order valence-electron chi connectivity index (χ0n) is 11.7. The number of carbonyl (C=O) groups excluding carboxylic acids is 1. The van der Waals surface area contributed by atoms with E-state index in [1.54, 1.807) is 0 Å². The van der Waals surface area contributed by atoms with E-state index in [1.807, 2.05) is 0 Å². The lowest BCUT2D eigenvalue weighted by atomic mass is 9.95. The molecule has 0 atom stereocenters. The SMILES string of the molecule is CCCC(CCC)C(=O)N(CCC)C1CNC1. The Hall–Kier alpha value is -0.570. The van der Waals surface area contributed by atoms with E-state index in [1.165, 1.54) is 0 Å². The second kappa shape index (κ2) is 7.70. The molecule has 1 amide bonds. The zero-order chi connectivity index (χ0) is 12.7. The summed E-state index contributed by atoms with van der Waals surface area (Å²) in [4.78, 5) is 14.7. The Morgan fingerprint density at radius 2 is 1.76 bits per heavy atom. The van der Waals surface area contributed by atoms with E-state index >= 15 is 0 Å². The molecule has 1 rings (SSSR count). The molecule has 0 radical (unpaired) electrons. The summed E-state index contributed by atoms with van der Waals surface area (Å²) in [6, 6.07) is 0.457. The third kappa shape index (κ3) is 3.98. The highest BCUT2D eigenvalue weighted by molar-refractivity contribution is 5.79. The van der Waals surface area contributed by atoms with Gasteiger partial charge in [-0.25, -0.2) is 0 Å². The van der Waals surface area contributed by atoms with Gasteiger partial charge in [0.25, 0.3) is 0 Å². The number of hydrogen-bond acceptors (Lipinski definition) is 2. The van der Waals surface area contributed by atoms with Crippen molar-refractivity contribution in [2.24, 2.45) is 5.92 Å². The molecule has 0 spiro atoms. The first-order chi connectivity index (χ1) is 8.24. The summed E-state index contributed by atoms with van der Waals surface area (Å²) in [7, 11) is 0. The van der Waals surface area contributed by atoms with E-state index in [2.05, 4.69) is 31.0 Å². The van der Waals surface area contributed by atoms with Crippen LogP contribution in [0.3, 0.4) is 0 Å². The van der Waals surface area contributed by atoms with Crippen LogP contribution in [-0.2, 0) is 4.79 Å². The smallest absolute Gasteiger partial charge is 0.226 e. The molecule has 0 bridgehead atoms. The first-order valence-corrected chi connectivity index (χ1v) is 7.25. The predicted octanol–water partition coefficient (Wildman–Crippen LogP) is 2.41. The highest BCUT2D eigenvalue weighted by Gasteiger charge is 2.31.